The van der Waals surface area contributed by atoms with Crippen LogP contribution in [-0.4, -0.2) is 23.9 Å². The molecule has 0 atom stereocenters. The molecule has 2 rings (SSSR count). The lowest BCUT2D eigenvalue weighted by atomic mass is 9.84. The number of carbonyl (C=O) groups excluding carboxylic acids is 1. The molecular weight excluding hydrogens is 248 g/mol. The molecule has 18 heavy (non-hydrogen) atoms. The van der Waals surface area contributed by atoms with Crippen molar-refractivity contribution in [1.29, 1.82) is 0 Å². The number of anilines is 1. The van der Waals surface area contributed by atoms with Gasteiger partial charge < -0.3 is 10.6 Å². The highest BCUT2D eigenvalue weighted by molar-refractivity contribution is 6.34. The number of amides is 1. The Hall–Kier alpha value is -1.22. The predicted molar refractivity (Wildman–Crippen MR) is 74.8 cm³/mol. The first kappa shape index (κ1) is 13.2. The summed E-state index contributed by atoms with van der Waals surface area (Å²) in [5, 5.41) is 0.434. The van der Waals surface area contributed by atoms with E-state index in [4.69, 9.17) is 17.3 Å². The Kier molecular flexibility index (Phi) is 3.53. The van der Waals surface area contributed by atoms with Crippen molar-refractivity contribution in [3.63, 3.8) is 0 Å². The first-order chi connectivity index (χ1) is 8.41. The quantitative estimate of drug-likeness (QED) is 0.794. The first-order valence-corrected chi connectivity index (χ1v) is 6.62. The number of hydrogen-bond acceptors (Lipinski definition) is 2. The lowest BCUT2D eigenvalue weighted by Crippen LogP contribution is -2.43. The van der Waals surface area contributed by atoms with E-state index in [1.807, 2.05) is 4.90 Å². The smallest absolute Gasteiger partial charge is 0.257 e. The van der Waals surface area contributed by atoms with Crippen molar-refractivity contribution in [3.8, 4) is 0 Å². The molecule has 0 aromatic heterocycles. The van der Waals surface area contributed by atoms with Gasteiger partial charge in [-0.2, -0.15) is 0 Å². The highest BCUT2D eigenvalue weighted by atomic mass is 35.5. The number of likely N-dealkylation sites (tertiary alicyclic amines) is 1. The zero-order valence-corrected chi connectivity index (χ0v) is 11.6. The summed E-state index contributed by atoms with van der Waals surface area (Å²) in [6, 6.07) is 5.18. The molecule has 3 nitrogen and oxygen atoms in total. The minimum atomic E-state index is -0.0501. The molecule has 2 N–H and O–H groups in total. The Labute approximate surface area is 113 Å². The Balaban J connectivity index is 2.26. The van der Waals surface area contributed by atoms with Crippen LogP contribution in [0.3, 0.4) is 0 Å². The van der Waals surface area contributed by atoms with Crippen molar-refractivity contribution in [2.75, 3.05) is 18.8 Å². The first-order valence-electron chi connectivity index (χ1n) is 6.24. The van der Waals surface area contributed by atoms with E-state index < -0.39 is 0 Å². The van der Waals surface area contributed by atoms with Crippen LogP contribution in [0.5, 0.6) is 0 Å². The molecule has 1 aromatic rings. The second-order valence-electron chi connectivity index (χ2n) is 5.70. The van der Waals surface area contributed by atoms with E-state index in [0.717, 1.165) is 25.9 Å². The van der Waals surface area contributed by atoms with Crippen LogP contribution in [0.2, 0.25) is 5.02 Å². The standard InChI is InChI=1S/C14H19ClN2O/c1-14(2)7-4-8-17(9-14)13(18)12-10(15)5-3-6-11(12)16/h3,5-6H,4,7-9,16H2,1-2H3. The fourth-order valence-electron chi connectivity index (χ4n) is 2.52. The van der Waals surface area contributed by atoms with Gasteiger partial charge in [0.05, 0.1) is 10.6 Å². The van der Waals surface area contributed by atoms with Gasteiger partial charge in [0.1, 0.15) is 0 Å². The van der Waals surface area contributed by atoms with E-state index in [1.165, 1.54) is 0 Å². The number of hydrogen-bond donors (Lipinski definition) is 1. The molecular formula is C14H19ClN2O. The van der Waals surface area contributed by atoms with E-state index >= 15 is 0 Å². The van der Waals surface area contributed by atoms with Gasteiger partial charge in [-0.05, 0) is 30.4 Å². The van der Waals surface area contributed by atoms with Crippen molar-refractivity contribution >= 4 is 23.2 Å². The Morgan fingerprint density at radius 2 is 2.17 bits per heavy atom. The summed E-state index contributed by atoms with van der Waals surface area (Å²) >= 11 is 6.09. The number of nitrogen functional groups attached to an aromatic ring is 1. The molecule has 0 saturated carbocycles. The minimum Gasteiger partial charge on any atom is -0.398 e. The number of nitrogens with zero attached hydrogens (tertiary/aromatic N) is 1. The van der Waals surface area contributed by atoms with E-state index in [1.54, 1.807) is 18.2 Å². The molecule has 1 heterocycles. The average Bonchev–Trinajstić information content (AvgIpc) is 2.27. The van der Waals surface area contributed by atoms with Crippen LogP contribution < -0.4 is 5.73 Å². The summed E-state index contributed by atoms with van der Waals surface area (Å²) in [5.74, 6) is -0.0501. The molecule has 0 radical (unpaired) electrons. The monoisotopic (exact) mass is 266 g/mol. The van der Waals surface area contributed by atoms with E-state index in [0.29, 0.717) is 16.3 Å². The van der Waals surface area contributed by atoms with Gasteiger partial charge in [0.2, 0.25) is 0 Å². The van der Waals surface area contributed by atoms with Gasteiger partial charge in [0.25, 0.3) is 5.91 Å². The summed E-state index contributed by atoms with van der Waals surface area (Å²) < 4.78 is 0. The molecule has 0 aliphatic carbocycles. The Morgan fingerprint density at radius 3 is 2.78 bits per heavy atom. The second-order valence-corrected chi connectivity index (χ2v) is 6.11. The van der Waals surface area contributed by atoms with Crippen molar-refractivity contribution < 1.29 is 4.79 Å². The fraction of sp³-hybridized carbons (Fsp3) is 0.500. The summed E-state index contributed by atoms with van der Waals surface area (Å²) in [7, 11) is 0. The predicted octanol–water partition coefficient (Wildman–Crippen LogP) is 3.18. The lowest BCUT2D eigenvalue weighted by molar-refractivity contribution is 0.0584. The maximum Gasteiger partial charge on any atom is 0.257 e. The zero-order valence-electron chi connectivity index (χ0n) is 10.9. The summed E-state index contributed by atoms with van der Waals surface area (Å²) in [6.45, 7) is 5.91. The number of benzene rings is 1. The molecule has 1 aromatic carbocycles. The van der Waals surface area contributed by atoms with Crippen LogP contribution in [-0.2, 0) is 0 Å². The molecule has 1 amide bonds. The van der Waals surface area contributed by atoms with Gasteiger partial charge >= 0.3 is 0 Å². The highest BCUT2D eigenvalue weighted by Gasteiger charge is 2.30. The van der Waals surface area contributed by atoms with Gasteiger partial charge in [0.15, 0.2) is 0 Å². The molecule has 0 unspecified atom stereocenters. The minimum absolute atomic E-state index is 0.0501. The number of nitrogens with two attached hydrogens (primary N) is 1. The molecule has 98 valence electrons. The number of rotatable bonds is 1. The third-order valence-electron chi connectivity index (χ3n) is 3.45. The number of piperidine rings is 1. The van der Waals surface area contributed by atoms with Crippen molar-refractivity contribution in [2.45, 2.75) is 26.7 Å². The van der Waals surface area contributed by atoms with Crippen LogP contribution in [0, 0.1) is 5.41 Å². The van der Waals surface area contributed by atoms with Gasteiger partial charge in [0, 0.05) is 18.8 Å². The zero-order chi connectivity index (χ0) is 13.3. The largest absolute Gasteiger partial charge is 0.398 e. The fourth-order valence-corrected chi connectivity index (χ4v) is 2.78. The highest BCUT2D eigenvalue weighted by Crippen LogP contribution is 2.31. The van der Waals surface area contributed by atoms with Crippen LogP contribution in [0.1, 0.15) is 37.0 Å². The van der Waals surface area contributed by atoms with Crippen LogP contribution in [0.4, 0.5) is 5.69 Å². The van der Waals surface area contributed by atoms with Crippen LogP contribution in [0.15, 0.2) is 18.2 Å². The van der Waals surface area contributed by atoms with Crippen LogP contribution >= 0.6 is 11.6 Å². The molecule has 4 heteroatoms. The Bertz CT molecular complexity index is 451. The topological polar surface area (TPSA) is 46.3 Å². The normalized spacial score (nSPS) is 18.7. The van der Waals surface area contributed by atoms with E-state index in [9.17, 15) is 4.79 Å². The van der Waals surface area contributed by atoms with Crippen molar-refractivity contribution in [3.05, 3.63) is 28.8 Å². The van der Waals surface area contributed by atoms with Gasteiger partial charge in [-0.3, -0.25) is 4.79 Å². The summed E-state index contributed by atoms with van der Waals surface area (Å²) in [4.78, 5) is 14.4. The molecule has 1 saturated heterocycles. The van der Waals surface area contributed by atoms with Crippen molar-refractivity contribution in [2.24, 2.45) is 5.41 Å². The Morgan fingerprint density at radius 1 is 1.44 bits per heavy atom. The van der Waals surface area contributed by atoms with E-state index in [-0.39, 0.29) is 11.3 Å². The van der Waals surface area contributed by atoms with Crippen molar-refractivity contribution in [1.82, 2.24) is 4.90 Å². The molecule has 0 bridgehead atoms. The summed E-state index contributed by atoms with van der Waals surface area (Å²) in [5.41, 5.74) is 6.93. The van der Waals surface area contributed by atoms with Gasteiger partial charge in [-0.15, -0.1) is 0 Å². The maximum atomic E-state index is 12.5. The van der Waals surface area contributed by atoms with Gasteiger partial charge in [-0.1, -0.05) is 31.5 Å². The van der Waals surface area contributed by atoms with E-state index in [2.05, 4.69) is 13.8 Å². The van der Waals surface area contributed by atoms with Crippen LogP contribution in [0.25, 0.3) is 0 Å². The number of halogens is 1. The lowest BCUT2D eigenvalue weighted by Gasteiger charge is -2.38. The molecule has 1 fully saturated rings. The molecule has 1 aliphatic rings. The maximum absolute atomic E-state index is 12.5. The average molecular weight is 267 g/mol. The molecule has 0 spiro atoms. The third kappa shape index (κ3) is 2.61. The number of carbonyl (C=O) groups is 1. The molecule has 1 aliphatic heterocycles. The van der Waals surface area contributed by atoms with Gasteiger partial charge in [-0.25, -0.2) is 0 Å². The second kappa shape index (κ2) is 4.81. The SMILES string of the molecule is CC1(C)CCCN(C(=O)c2c(N)cccc2Cl)C1. The summed E-state index contributed by atoms with van der Waals surface area (Å²) in [6.07, 6.45) is 2.18. The third-order valence-corrected chi connectivity index (χ3v) is 3.76.